The Bertz CT molecular complexity index is 514. The summed E-state index contributed by atoms with van der Waals surface area (Å²) in [5, 5.41) is 8.95. The summed E-state index contributed by atoms with van der Waals surface area (Å²) in [7, 11) is -3.64. The van der Waals surface area contributed by atoms with Crippen LogP contribution in [0.5, 0.6) is 0 Å². The smallest absolute Gasteiger partial charge is 0.321 e. The molecule has 0 unspecified atom stereocenters. The van der Waals surface area contributed by atoms with Crippen LogP contribution in [0.25, 0.3) is 0 Å². The van der Waals surface area contributed by atoms with E-state index in [-0.39, 0.29) is 18.1 Å². The second kappa shape index (κ2) is 6.63. The maximum absolute atomic E-state index is 11.8. The number of hydrogen-bond donors (Lipinski definition) is 2. The van der Waals surface area contributed by atoms with Gasteiger partial charge in [0.2, 0.25) is 10.0 Å². The van der Waals surface area contributed by atoms with Gasteiger partial charge < -0.3 is 5.11 Å². The number of nitrogens with one attached hydrogen (secondary N) is 1. The van der Waals surface area contributed by atoms with E-state index < -0.39 is 22.0 Å². The Labute approximate surface area is 112 Å². The monoisotopic (exact) mass is 286 g/mol. The topological polar surface area (TPSA) is 96.4 Å². The minimum atomic E-state index is -3.64. The fourth-order valence-corrected chi connectivity index (χ4v) is 2.86. The number of aryl methyl sites for hydroxylation is 1. The molecule has 7 heteroatoms. The molecular formula is C12H18N2O4S. The van der Waals surface area contributed by atoms with Gasteiger partial charge in [0.05, 0.1) is 5.75 Å². The molecule has 0 spiro atoms. The molecule has 0 aliphatic carbocycles. The lowest BCUT2D eigenvalue weighted by molar-refractivity contribution is -0.140. The first-order chi connectivity index (χ1) is 8.82. The van der Waals surface area contributed by atoms with E-state index in [1.807, 2.05) is 0 Å². The predicted octanol–water partition coefficient (Wildman–Crippen LogP) is 0.653. The number of sulfonamides is 1. The van der Waals surface area contributed by atoms with Gasteiger partial charge in [0.25, 0.3) is 0 Å². The van der Waals surface area contributed by atoms with Crippen molar-refractivity contribution in [2.24, 2.45) is 5.92 Å². The molecule has 0 fully saturated rings. The Kier molecular flexibility index (Phi) is 5.44. The fraction of sp³-hybridized carbons (Fsp3) is 0.500. The number of aliphatic carboxylic acids is 1. The average Bonchev–Trinajstić information content (AvgIpc) is 2.34. The van der Waals surface area contributed by atoms with Gasteiger partial charge in [-0.15, -0.1) is 0 Å². The van der Waals surface area contributed by atoms with Crippen LogP contribution in [0, 0.1) is 5.92 Å². The normalized spacial score (nSPS) is 13.4. The van der Waals surface area contributed by atoms with E-state index in [1.165, 1.54) is 0 Å². The summed E-state index contributed by atoms with van der Waals surface area (Å²) in [5.41, 5.74) is 0.657. The highest BCUT2D eigenvalue weighted by Crippen LogP contribution is 2.05. The molecule has 0 radical (unpaired) electrons. The van der Waals surface area contributed by atoms with E-state index >= 15 is 0 Å². The molecule has 1 heterocycles. The lowest BCUT2D eigenvalue weighted by Crippen LogP contribution is -2.45. The molecule has 1 aromatic rings. The van der Waals surface area contributed by atoms with Crippen LogP contribution in [-0.2, 0) is 21.2 Å². The second-order valence-corrected chi connectivity index (χ2v) is 6.44. The highest BCUT2D eigenvalue weighted by molar-refractivity contribution is 7.89. The Morgan fingerprint density at radius 3 is 2.58 bits per heavy atom. The van der Waals surface area contributed by atoms with Crippen LogP contribution >= 0.6 is 0 Å². The fourth-order valence-electron chi connectivity index (χ4n) is 1.51. The molecule has 106 valence electrons. The van der Waals surface area contributed by atoms with Crippen LogP contribution in [0.15, 0.2) is 24.4 Å². The number of rotatable bonds is 7. The molecule has 6 nitrogen and oxygen atoms in total. The van der Waals surface area contributed by atoms with Gasteiger partial charge in [-0.1, -0.05) is 19.9 Å². The molecule has 1 atom stereocenters. The zero-order valence-corrected chi connectivity index (χ0v) is 11.7. The van der Waals surface area contributed by atoms with E-state index in [0.717, 1.165) is 0 Å². The number of pyridine rings is 1. The van der Waals surface area contributed by atoms with E-state index in [1.54, 1.807) is 38.2 Å². The number of carboxylic acid groups (broad SMARTS) is 1. The molecule has 0 aromatic carbocycles. The van der Waals surface area contributed by atoms with Gasteiger partial charge in [0.1, 0.15) is 6.04 Å². The van der Waals surface area contributed by atoms with Crippen molar-refractivity contribution in [3.63, 3.8) is 0 Å². The van der Waals surface area contributed by atoms with Crippen molar-refractivity contribution < 1.29 is 18.3 Å². The van der Waals surface area contributed by atoms with Crippen LogP contribution in [0.3, 0.4) is 0 Å². The van der Waals surface area contributed by atoms with Gasteiger partial charge in [-0.05, 0) is 18.1 Å². The summed E-state index contributed by atoms with van der Waals surface area (Å²) in [6.45, 7) is 3.31. The quantitative estimate of drug-likeness (QED) is 0.767. The summed E-state index contributed by atoms with van der Waals surface area (Å²) in [5.74, 6) is -1.67. The largest absolute Gasteiger partial charge is 0.480 e. The zero-order chi connectivity index (χ0) is 14.5. The van der Waals surface area contributed by atoms with Crippen molar-refractivity contribution in [1.82, 2.24) is 9.71 Å². The zero-order valence-electron chi connectivity index (χ0n) is 10.9. The summed E-state index contributed by atoms with van der Waals surface area (Å²) in [4.78, 5) is 15.0. The van der Waals surface area contributed by atoms with Gasteiger partial charge in [0.15, 0.2) is 0 Å². The first-order valence-corrected chi connectivity index (χ1v) is 7.60. The number of hydrogen-bond acceptors (Lipinski definition) is 4. The van der Waals surface area contributed by atoms with Crippen molar-refractivity contribution in [3.8, 4) is 0 Å². The molecule has 1 aromatic heterocycles. The Hall–Kier alpha value is -1.47. The highest BCUT2D eigenvalue weighted by atomic mass is 32.2. The highest BCUT2D eigenvalue weighted by Gasteiger charge is 2.26. The molecule has 0 aliphatic heterocycles. The summed E-state index contributed by atoms with van der Waals surface area (Å²) in [6, 6.07) is 4.15. The van der Waals surface area contributed by atoms with Crippen molar-refractivity contribution in [2.75, 3.05) is 5.75 Å². The van der Waals surface area contributed by atoms with Crippen LogP contribution in [-0.4, -0.2) is 36.3 Å². The van der Waals surface area contributed by atoms with Crippen LogP contribution in [0.2, 0.25) is 0 Å². The van der Waals surface area contributed by atoms with Crippen molar-refractivity contribution in [2.45, 2.75) is 26.3 Å². The predicted molar refractivity (Wildman–Crippen MR) is 71.1 cm³/mol. The summed E-state index contributed by atoms with van der Waals surface area (Å²) >= 11 is 0. The molecule has 1 rings (SSSR count). The number of nitrogens with zero attached hydrogens (tertiary/aromatic N) is 1. The van der Waals surface area contributed by atoms with E-state index in [4.69, 9.17) is 5.11 Å². The second-order valence-electron chi connectivity index (χ2n) is 4.57. The first kappa shape index (κ1) is 15.6. The van der Waals surface area contributed by atoms with Crippen molar-refractivity contribution in [3.05, 3.63) is 30.1 Å². The lowest BCUT2D eigenvalue weighted by atomic mass is 10.1. The van der Waals surface area contributed by atoms with E-state index in [0.29, 0.717) is 5.69 Å². The Morgan fingerprint density at radius 2 is 2.11 bits per heavy atom. The number of carbonyl (C=O) groups is 1. The van der Waals surface area contributed by atoms with Gasteiger partial charge >= 0.3 is 5.97 Å². The van der Waals surface area contributed by atoms with Crippen LogP contribution < -0.4 is 4.72 Å². The molecule has 19 heavy (non-hydrogen) atoms. The van der Waals surface area contributed by atoms with Crippen molar-refractivity contribution >= 4 is 16.0 Å². The molecule has 2 N–H and O–H groups in total. The van der Waals surface area contributed by atoms with Gasteiger partial charge in [-0.2, -0.15) is 0 Å². The number of aromatic nitrogens is 1. The minimum Gasteiger partial charge on any atom is -0.480 e. The number of carboxylic acids is 1. The Morgan fingerprint density at radius 1 is 1.42 bits per heavy atom. The van der Waals surface area contributed by atoms with Crippen LogP contribution in [0.4, 0.5) is 0 Å². The first-order valence-electron chi connectivity index (χ1n) is 5.94. The molecule has 0 saturated heterocycles. The van der Waals surface area contributed by atoms with Gasteiger partial charge in [-0.25, -0.2) is 13.1 Å². The molecular weight excluding hydrogens is 268 g/mol. The SMILES string of the molecule is CC(C)[C@H](NS(=O)(=O)CCc1ccccn1)C(=O)O. The third-order valence-corrected chi connectivity index (χ3v) is 3.95. The van der Waals surface area contributed by atoms with E-state index in [2.05, 4.69) is 9.71 Å². The van der Waals surface area contributed by atoms with Gasteiger partial charge in [0, 0.05) is 18.3 Å². The Balaban J connectivity index is 2.64. The average molecular weight is 286 g/mol. The molecule has 0 amide bonds. The minimum absolute atomic E-state index is 0.180. The maximum atomic E-state index is 11.8. The molecule has 0 bridgehead atoms. The third kappa shape index (κ3) is 5.35. The van der Waals surface area contributed by atoms with Gasteiger partial charge in [-0.3, -0.25) is 9.78 Å². The van der Waals surface area contributed by atoms with Crippen LogP contribution in [0.1, 0.15) is 19.5 Å². The summed E-state index contributed by atoms with van der Waals surface area (Å²) in [6.07, 6.45) is 1.84. The lowest BCUT2D eigenvalue weighted by Gasteiger charge is -2.17. The molecule has 0 saturated carbocycles. The van der Waals surface area contributed by atoms with E-state index in [9.17, 15) is 13.2 Å². The standard InChI is InChI=1S/C12H18N2O4S/c1-9(2)11(12(15)16)14-19(17,18)8-6-10-5-3-4-7-13-10/h3-5,7,9,11,14H,6,8H2,1-2H3,(H,15,16)/t11-/m0/s1. The summed E-state index contributed by atoms with van der Waals surface area (Å²) < 4.78 is 25.8. The molecule has 0 aliphatic rings. The third-order valence-electron chi connectivity index (χ3n) is 2.59. The maximum Gasteiger partial charge on any atom is 0.321 e. The van der Waals surface area contributed by atoms with Crippen molar-refractivity contribution in [1.29, 1.82) is 0 Å².